The van der Waals surface area contributed by atoms with Crippen molar-refractivity contribution in [3.8, 4) is 5.75 Å². The second kappa shape index (κ2) is 11.3. The first kappa shape index (κ1) is 23.3. The number of urea groups is 1. The van der Waals surface area contributed by atoms with Crippen LogP contribution in [0.1, 0.15) is 19.3 Å². The number of benzene rings is 1. The van der Waals surface area contributed by atoms with E-state index >= 15 is 0 Å². The van der Waals surface area contributed by atoms with Gasteiger partial charge in [0, 0.05) is 72.6 Å². The molecule has 172 valence electrons. The molecule has 2 fully saturated rings. The zero-order valence-corrected chi connectivity index (χ0v) is 19.0. The van der Waals surface area contributed by atoms with Crippen molar-refractivity contribution in [2.24, 2.45) is 0 Å². The van der Waals surface area contributed by atoms with Gasteiger partial charge in [0.2, 0.25) is 0 Å². The van der Waals surface area contributed by atoms with Crippen LogP contribution in [0.4, 0.5) is 4.79 Å². The summed E-state index contributed by atoms with van der Waals surface area (Å²) >= 11 is 0. The van der Waals surface area contributed by atoms with Gasteiger partial charge in [-0.1, -0.05) is 18.2 Å². The molecule has 8 heteroatoms. The topological polar surface area (TPSA) is 65.6 Å². The lowest BCUT2D eigenvalue weighted by Gasteiger charge is -2.39. The van der Waals surface area contributed by atoms with Gasteiger partial charge in [0.15, 0.2) is 6.61 Å². The van der Waals surface area contributed by atoms with Crippen LogP contribution in [0.2, 0.25) is 0 Å². The van der Waals surface area contributed by atoms with E-state index in [1.54, 1.807) is 23.9 Å². The zero-order chi connectivity index (χ0) is 22.2. The molecule has 1 atom stereocenters. The minimum Gasteiger partial charge on any atom is -0.484 e. The van der Waals surface area contributed by atoms with Crippen LogP contribution in [0, 0.1) is 0 Å². The molecule has 1 aromatic rings. The molecule has 0 N–H and O–H groups in total. The predicted octanol–water partition coefficient (Wildman–Crippen LogP) is 1.76. The van der Waals surface area contributed by atoms with Crippen molar-refractivity contribution in [3.63, 3.8) is 0 Å². The third-order valence-electron chi connectivity index (χ3n) is 6.17. The molecular weight excluding hydrogens is 396 g/mol. The minimum absolute atomic E-state index is 0.0341. The molecule has 0 radical (unpaired) electrons. The van der Waals surface area contributed by atoms with Gasteiger partial charge in [0.05, 0.1) is 0 Å². The first-order valence-electron chi connectivity index (χ1n) is 11.2. The summed E-state index contributed by atoms with van der Waals surface area (Å²) in [6.07, 6.45) is 2.95. The highest BCUT2D eigenvalue weighted by Crippen LogP contribution is 2.23. The Balaban J connectivity index is 1.54. The Morgan fingerprint density at radius 3 is 2.42 bits per heavy atom. The molecule has 3 rings (SSSR count). The third kappa shape index (κ3) is 6.58. The number of carbonyl (C=O) groups is 2. The van der Waals surface area contributed by atoms with Gasteiger partial charge in [0.25, 0.3) is 5.91 Å². The number of hydrogen-bond acceptors (Lipinski definition) is 5. The van der Waals surface area contributed by atoms with Crippen molar-refractivity contribution in [1.82, 2.24) is 19.6 Å². The quantitative estimate of drug-likeness (QED) is 0.626. The number of rotatable bonds is 8. The predicted molar refractivity (Wildman–Crippen MR) is 119 cm³/mol. The number of likely N-dealkylation sites (tertiary alicyclic amines) is 1. The van der Waals surface area contributed by atoms with Gasteiger partial charge in [-0.2, -0.15) is 0 Å². The van der Waals surface area contributed by atoms with Gasteiger partial charge < -0.3 is 24.2 Å². The maximum absolute atomic E-state index is 12.5. The first-order chi connectivity index (χ1) is 15.0. The molecule has 3 amide bonds. The molecule has 0 aliphatic carbocycles. The van der Waals surface area contributed by atoms with E-state index in [4.69, 9.17) is 9.47 Å². The van der Waals surface area contributed by atoms with E-state index in [2.05, 4.69) is 4.90 Å². The van der Waals surface area contributed by atoms with E-state index in [9.17, 15) is 9.59 Å². The Bertz CT molecular complexity index is 709. The maximum atomic E-state index is 12.5. The Labute approximate surface area is 185 Å². The summed E-state index contributed by atoms with van der Waals surface area (Å²) in [6, 6.07) is 10.2. The summed E-state index contributed by atoms with van der Waals surface area (Å²) in [4.78, 5) is 32.7. The van der Waals surface area contributed by atoms with E-state index in [1.165, 1.54) is 0 Å². The average Bonchev–Trinajstić information content (AvgIpc) is 3.28. The number of amides is 3. The molecule has 1 aromatic carbocycles. The van der Waals surface area contributed by atoms with Crippen LogP contribution in [-0.2, 0) is 9.53 Å². The number of para-hydroxylation sites is 1. The minimum atomic E-state index is -0.0355. The summed E-state index contributed by atoms with van der Waals surface area (Å²) < 4.78 is 11.2. The summed E-state index contributed by atoms with van der Waals surface area (Å²) in [5.74, 6) is 0.663. The Kier molecular flexibility index (Phi) is 8.54. The van der Waals surface area contributed by atoms with E-state index in [-0.39, 0.29) is 18.5 Å². The normalized spacial score (nSPS) is 19.5. The van der Waals surface area contributed by atoms with Crippen LogP contribution < -0.4 is 4.74 Å². The van der Waals surface area contributed by atoms with E-state index < -0.39 is 0 Å². The summed E-state index contributed by atoms with van der Waals surface area (Å²) in [5, 5.41) is 0. The van der Waals surface area contributed by atoms with Crippen molar-refractivity contribution in [2.45, 2.75) is 31.3 Å². The molecule has 2 heterocycles. The second-order valence-corrected chi connectivity index (χ2v) is 8.56. The van der Waals surface area contributed by atoms with Gasteiger partial charge in [-0.3, -0.25) is 9.69 Å². The molecule has 31 heavy (non-hydrogen) atoms. The van der Waals surface area contributed by atoms with Gasteiger partial charge in [-0.25, -0.2) is 4.79 Å². The van der Waals surface area contributed by atoms with Gasteiger partial charge in [-0.15, -0.1) is 0 Å². The molecular formula is C23H36N4O4. The van der Waals surface area contributed by atoms with Crippen LogP contribution >= 0.6 is 0 Å². The van der Waals surface area contributed by atoms with Crippen molar-refractivity contribution < 1.29 is 19.1 Å². The zero-order valence-electron chi connectivity index (χ0n) is 19.0. The smallest absolute Gasteiger partial charge is 0.319 e. The molecule has 0 saturated carbocycles. The number of likely N-dealkylation sites (N-methyl/N-ethyl adjacent to an activating group) is 1. The van der Waals surface area contributed by atoms with Gasteiger partial charge in [0.1, 0.15) is 5.75 Å². The largest absolute Gasteiger partial charge is 0.484 e. The Hall–Kier alpha value is -2.32. The summed E-state index contributed by atoms with van der Waals surface area (Å²) in [6.45, 7) is 4.51. The lowest BCUT2D eigenvalue weighted by atomic mass is 10.0. The molecule has 1 unspecified atom stereocenters. The van der Waals surface area contributed by atoms with Crippen LogP contribution in [0.3, 0.4) is 0 Å². The fourth-order valence-corrected chi connectivity index (χ4v) is 4.31. The molecule has 0 aromatic heterocycles. The van der Waals surface area contributed by atoms with E-state index in [0.29, 0.717) is 24.4 Å². The maximum Gasteiger partial charge on any atom is 0.319 e. The third-order valence-corrected chi connectivity index (χ3v) is 6.17. The molecule has 8 nitrogen and oxygen atoms in total. The fourth-order valence-electron chi connectivity index (χ4n) is 4.31. The molecule has 0 spiro atoms. The lowest BCUT2D eigenvalue weighted by molar-refractivity contribution is -0.132. The molecule has 0 bridgehead atoms. The molecule has 2 aliphatic heterocycles. The Morgan fingerprint density at radius 1 is 1.03 bits per heavy atom. The number of carbonyl (C=O) groups excluding carboxylic acids is 2. The first-order valence-corrected chi connectivity index (χ1v) is 11.2. The number of ether oxygens (including phenoxy) is 2. The van der Waals surface area contributed by atoms with Gasteiger partial charge >= 0.3 is 6.03 Å². The van der Waals surface area contributed by atoms with Crippen molar-refractivity contribution in [3.05, 3.63) is 30.3 Å². The molecule has 2 aliphatic rings. The van der Waals surface area contributed by atoms with Gasteiger partial charge in [-0.05, 0) is 31.4 Å². The number of hydrogen-bond donors (Lipinski definition) is 0. The van der Waals surface area contributed by atoms with Crippen molar-refractivity contribution in [2.75, 3.05) is 67.1 Å². The Morgan fingerprint density at radius 2 is 1.74 bits per heavy atom. The monoisotopic (exact) mass is 432 g/mol. The second-order valence-electron chi connectivity index (χ2n) is 8.56. The SMILES string of the molecule is CN(C)C(=O)N1CCC(N(CCN(C)C(=O)COc2ccccc2)C2CCOCC2)C1. The average molecular weight is 433 g/mol. The fraction of sp³-hybridized carbons (Fsp3) is 0.652. The highest BCUT2D eigenvalue weighted by atomic mass is 16.5. The summed E-state index contributed by atoms with van der Waals surface area (Å²) in [7, 11) is 5.42. The van der Waals surface area contributed by atoms with Crippen LogP contribution in [0.5, 0.6) is 5.75 Å². The van der Waals surface area contributed by atoms with Crippen molar-refractivity contribution in [1.29, 1.82) is 0 Å². The highest BCUT2D eigenvalue weighted by Gasteiger charge is 2.35. The molecule has 2 saturated heterocycles. The van der Waals surface area contributed by atoms with E-state index in [1.807, 2.05) is 42.3 Å². The van der Waals surface area contributed by atoms with E-state index in [0.717, 1.165) is 52.1 Å². The van der Waals surface area contributed by atoms with Crippen LogP contribution in [-0.4, -0.2) is 111 Å². The number of nitrogens with zero attached hydrogens (tertiary/aromatic N) is 4. The summed E-state index contributed by atoms with van der Waals surface area (Å²) in [5.41, 5.74) is 0. The van der Waals surface area contributed by atoms with Crippen LogP contribution in [0.25, 0.3) is 0 Å². The lowest BCUT2D eigenvalue weighted by Crippen LogP contribution is -2.51. The highest BCUT2D eigenvalue weighted by molar-refractivity contribution is 5.77. The van der Waals surface area contributed by atoms with Crippen LogP contribution in [0.15, 0.2) is 30.3 Å². The standard InChI is InChI=1S/C23H36N4O4/c1-24(2)23(29)26-12-9-20(17-26)27(19-10-15-30-16-11-19)14-13-25(3)22(28)18-31-21-7-5-4-6-8-21/h4-8,19-20H,9-18H2,1-3H3. The van der Waals surface area contributed by atoms with Crippen molar-refractivity contribution >= 4 is 11.9 Å².